The molecule has 106 valence electrons. The molecule has 20 heavy (non-hydrogen) atoms. The fourth-order valence-electron chi connectivity index (χ4n) is 1.50. The van der Waals surface area contributed by atoms with E-state index < -0.39 is 15.8 Å². The van der Waals surface area contributed by atoms with Crippen LogP contribution in [0.4, 0.5) is 15.8 Å². The molecule has 0 fully saturated rings. The van der Waals surface area contributed by atoms with Gasteiger partial charge in [0.1, 0.15) is 10.7 Å². The van der Waals surface area contributed by atoms with Crippen molar-refractivity contribution in [2.45, 2.75) is 4.90 Å². The molecule has 3 N–H and O–H groups in total. The zero-order chi connectivity index (χ0) is 14.9. The molecule has 0 saturated carbocycles. The first-order valence-corrected chi connectivity index (χ1v) is 7.56. The third-order valence-corrected chi connectivity index (χ3v) is 4.64. The van der Waals surface area contributed by atoms with Crippen LogP contribution in [0.3, 0.4) is 0 Å². The van der Waals surface area contributed by atoms with Gasteiger partial charge >= 0.3 is 0 Å². The van der Waals surface area contributed by atoms with Crippen molar-refractivity contribution in [1.29, 1.82) is 0 Å². The van der Waals surface area contributed by atoms with Gasteiger partial charge in [0.15, 0.2) is 0 Å². The quantitative estimate of drug-likeness (QED) is 0.843. The summed E-state index contributed by atoms with van der Waals surface area (Å²) in [5.74, 6) is -0.703. The van der Waals surface area contributed by atoms with Crippen molar-refractivity contribution in [3.8, 4) is 0 Å². The SMILES string of the molecule is Nc1cc(NS(=O)(=O)c2cc(F)ccc2Cl)ccc1Cl. The Morgan fingerprint density at radius 1 is 1.05 bits per heavy atom. The zero-order valence-electron chi connectivity index (χ0n) is 9.90. The van der Waals surface area contributed by atoms with Crippen molar-refractivity contribution in [3.63, 3.8) is 0 Å². The van der Waals surface area contributed by atoms with E-state index in [4.69, 9.17) is 28.9 Å². The second-order valence-electron chi connectivity index (χ2n) is 3.92. The number of anilines is 2. The van der Waals surface area contributed by atoms with Crippen LogP contribution in [-0.4, -0.2) is 8.42 Å². The van der Waals surface area contributed by atoms with Crippen LogP contribution in [0.15, 0.2) is 41.3 Å². The summed E-state index contributed by atoms with van der Waals surface area (Å²) in [5, 5.41) is 0.220. The number of nitrogen functional groups attached to an aromatic ring is 1. The maximum absolute atomic E-state index is 13.1. The molecule has 0 aromatic heterocycles. The summed E-state index contributed by atoms with van der Waals surface area (Å²) in [7, 11) is -4.02. The van der Waals surface area contributed by atoms with E-state index >= 15 is 0 Å². The van der Waals surface area contributed by atoms with Crippen molar-refractivity contribution in [3.05, 3.63) is 52.3 Å². The lowest BCUT2D eigenvalue weighted by Gasteiger charge is -2.10. The van der Waals surface area contributed by atoms with Gasteiger partial charge in [-0.15, -0.1) is 0 Å². The molecule has 0 saturated heterocycles. The number of nitrogens with one attached hydrogen (secondary N) is 1. The maximum Gasteiger partial charge on any atom is 0.263 e. The van der Waals surface area contributed by atoms with E-state index in [0.29, 0.717) is 5.02 Å². The van der Waals surface area contributed by atoms with Crippen LogP contribution in [0.5, 0.6) is 0 Å². The Kier molecular flexibility index (Phi) is 4.08. The average molecular weight is 335 g/mol. The highest BCUT2D eigenvalue weighted by Gasteiger charge is 2.19. The average Bonchev–Trinajstić information content (AvgIpc) is 2.36. The van der Waals surface area contributed by atoms with Crippen molar-refractivity contribution in [2.75, 3.05) is 10.5 Å². The standard InChI is InChI=1S/C12H9Cl2FN2O2S/c13-9-4-2-8(6-11(9)16)17-20(18,19)12-5-7(15)1-3-10(12)14/h1-6,17H,16H2. The molecule has 4 nitrogen and oxygen atoms in total. The minimum absolute atomic E-state index is 0.0826. The number of benzene rings is 2. The minimum Gasteiger partial charge on any atom is -0.397 e. The van der Waals surface area contributed by atoms with Gasteiger partial charge in [0.05, 0.1) is 21.4 Å². The molecule has 0 heterocycles. The Bertz CT molecular complexity index is 766. The summed E-state index contributed by atoms with van der Waals surface area (Å²) in [6.45, 7) is 0. The molecule has 0 unspecified atom stereocenters. The normalized spacial score (nSPS) is 11.3. The van der Waals surface area contributed by atoms with Gasteiger partial charge in [0.25, 0.3) is 10.0 Å². The van der Waals surface area contributed by atoms with Gasteiger partial charge in [-0.1, -0.05) is 23.2 Å². The van der Waals surface area contributed by atoms with Gasteiger partial charge in [0.2, 0.25) is 0 Å². The number of sulfonamides is 1. The van der Waals surface area contributed by atoms with E-state index in [1.807, 2.05) is 0 Å². The smallest absolute Gasteiger partial charge is 0.263 e. The van der Waals surface area contributed by atoms with Crippen LogP contribution in [0.2, 0.25) is 10.0 Å². The van der Waals surface area contributed by atoms with E-state index in [-0.39, 0.29) is 21.3 Å². The number of nitrogens with two attached hydrogens (primary N) is 1. The second kappa shape index (κ2) is 5.47. The van der Waals surface area contributed by atoms with Crippen molar-refractivity contribution >= 4 is 44.6 Å². The van der Waals surface area contributed by atoms with E-state index in [1.165, 1.54) is 24.3 Å². The Hall–Kier alpha value is -1.50. The van der Waals surface area contributed by atoms with Crippen LogP contribution in [0, 0.1) is 5.82 Å². The molecule has 0 atom stereocenters. The summed E-state index contributed by atoms with van der Waals surface area (Å²) < 4.78 is 39.7. The molecule has 0 radical (unpaired) electrons. The fourth-order valence-corrected chi connectivity index (χ4v) is 3.18. The third kappa shape index (κ3) is 3.15. The van der Waals surface area contributed by atoms with E-state index in [1.54, 1.807) is 0 Å². The molecule has 0 aliphatic heterocycles. The Morgan fingerprint density at radius 2 is 1.70 bits per heavy atom. The Labute approximate surface area is 125 Å². The van der Waals surface area contributed by atoms with E-state index in [9.17, 15) is 12.8 Å². The molecule has 2 aromatic rings. The Balaban J connectivity index is 2.40. The zero-order valence-corrected chi connectivity index (χ0v) is 12.2. The first-order valence-electron chi connectivity index (χ1n) is 5.32. The van der Waals surface area contributed by atoms with Gasteiger partial charge in [-0.2, -0.15) is 0 Å². The number of hydrogen-bond acceptors (Lipinski definition) is 3. The molecule has 0 amide bonds. The lowest BCUT2D eigenvalue weighted by Crippen LogP contribution is -2.14. The first-order chi connectivity index (χ1) is 9.29. The first kappa shape index (κ1) is 14.9. The molecule has 8 heteroatoms. The van der Waals surface area contributed by atoms with Gasteiger partial charge in [-0.25, -0.2) is 12.8 Å². The molecule has 0 aliphatic rings. The lowest BCUT2D eigenvalue weighted by atomic mass is 10.3. The number of halogens is 3. The predicted molar refractivity (Wildman–Crippen MR) is 78.1 cm³/mol. The molecule has 0 spiro atoms. The fraction of sp³-hybridized carbons (Fsp3) is 0. The Morgan fingerprint density at radius 3 is 2.35 bits per heavy atom. The van der Waals surface area contributed by atoms with Crippen LogP contribution in [0.25, 0.3) is 0 Å². The largest absolute Gasteiger partial charge is 0.397 e. The van der Waals surface area contributed by atoms with Gasteiger partial charge in [-0.05, 0) is 36.4 Å². The third-order valence-electron chi connectivity index (χ3n) is 2.43. The molecule has 0 bridgehead atoms. The van der Waals surface area contributed by atoms with Crippen LogP contribution >= 0.6 is 23.2 Å². The summed E-state index contributed by atoms with van der Waals surface area (Å²) >= 11 is 11.5. The minimum atomic E-state index is -4.02. The topological polar surface area (TPSA) is 72.2 Å². The van der Waals surface area contributed by atoms with Gasteiger partial charge in [0, 0.05) is 0 Å². The van der Waals surface area contributed by atoms with Crippen molar-refractivity contribution < 1.29 is 12.8 Å². The maximum atomic E-state index is 13.1. The second-order valence-corrected chi connectivity index (χ2v) is 6.38. The highest BCUT2D eigenvalue weighted by atomic mass is 35.5. The van der Waals surface area contributed by atoms with Crippen LogP contribution in [-0.2, 0) is 10.0 Å². The highest BCUT2D eigenvalue weighted by molar-refractivity contribution is 7.92. The molecule has 0 aliphatic carbocycles. The molecule has 2 rings (SSSR count). The summed E-state index contributed by atoms with van der Waals surface area (Å²) in [6.07, 6.45) is 0. The lowest BCUT2D eigenvalue weighted by molar-refractivity contribution is 0.595. The number of rotatable bonds is 3. The van der Waals surface area contributed by atoms with Crippen LogP contribution in [0.1, 0.15) is 0 Å². The van der Waals surface area contributed by atoms with Crippen LogP contribution < -0.4 is 10.5 Å². The highest BCUT2D eigenvalue weighted by Crippen LogP contribution is 2.27. The van der Waals surface area contributed by atoms with E-state index in [0.717, 1.165) is 12.1 Å². The molecule has 2 aromatic carbocycles. The number of hydrogen-bond donors (Lipinski definition) is 2. The monoisotopic (exact) mass is 334 g/mol. The van der Waals surface area contributed by atoms with Crippen molar-refractivity contribution in [2.24, 2.45) is 0 Å². The molecular weight excluding hydrogens is 326 g/mol. The summed E-state index contributed by atoms with van der Waals surface area (Å²) in [4.78, 5) is -0.354. The predicted octanol–water partition coefficient (Wildman–Crippen LogP) is 3.52. The summed E-state index contributed by atoms with van der Waals surface area (Å²) in [5.41, 5.74) is 6.00. The van der Waals surface area contributed by atoms with Crippen molar-refractivity contribution in [1.82, 2.24) is 0 Å². The van der Waals surface area contributed by atoms with Gasteiger partial charge in [-0.3, -0.25) is 4.72 Å². The van der Waals surface area contributed by atoms with Gasteiger partial charge < -0.3 is 5.73 Å². The summed E-state index contributed by atoms with van der Waals surface area (Å²) in [6, 6.07) is 7.31. The van der Waals surface area contributed by atoms with E-state index in [2.05, 4.69) is 4.72 Å². The molecular formula is C12H9Cl2FN2O2S.